The molecule has 82 valence electrons. The van der Waals surface area contributed by atoms with E-state index in [-0.39, 0.29) is 6.04 Å². The van der Waals surface area contributed by atoms with Crippen molar-refractivity contribution in [2.24, 2.45) is 11.7 Å². The first-order chi connectivity index (χ1) is 7.24. The van der Waals surface area contributed by atoms with Crippen molar-refractivity contribution < 1.29 is 0 Å². The minimum Gasteiger partial charge on any atom is -0.324 e. The highest BCUT2D eigenvalue weighted by Gasteiger charge is 2.17. The highest BCUT2D eigenvalue weighted by atomic mass is 32.1. The van der Waals surface area contributed by atoms with Gasteiger partial charge in [0, 0.05) is 24.0 Å². The number of nitrogens with zero attached hydrogens (tertiary/aromatic N) is 1. The van der Waals surface area contributed by atoms with Gasteiger partial charge in [0.05, 0.1) is 0 Å². The van der Waals surface area contributed by atoms with Crippen LogP contribution in [0.15, 0.2) is 29.7 Å². The van der Waals surface area contributed by atoms with Gasteiger partial charge in [-0.2, -0.15) is 0 Å². The molecule has 1 aliphatic rings. The van der Waals surface area contributed by atoms with E-state index in [0.29, 0.717) is 5.92 Å². The van der Waals surface area contributed by atoms with Crippen molar-refractivity contribution in [1.29, 1.82) is 0 Å². The molecule has 1 heterocycles. The Morgan fingerprint density at radius 1 is 1.53 bits per heavy atom. The van der Waals surface area contributed by atoms with Crippen molar-refractivity contribution in [3.63, 3.8) is 0 Å². The first-order valence-corrected chi connectivity index (χ1v) is 6.27. The molecule has 1 aliphatic carbocycles. The van der Waals surface area contributed by atoms with E-state index in [0.717, 1.165) is 19.5 Å². The van der Waals surface area contributed by atoms with E-state index in [1.54, 1.807) is 0 Å². The van der Waals surface area contributed by atoms with E-state index in [4.69, 9.17) is 5.73 Å². The van der Waals surface area contributed by atoms with Crippen molar-refractivity contribution in [3.8, 4) is 0 Å². The van der Waals surface area contributed by atoms with Gasteiger partial charge in [-0.3, -0.25) is 0 Å². The Morgan fingerprint density at radius 3 is 3.00 bits per heavy atom. The number of rotatable bonds is 4. The predicted octanol–water partition coefficient (Wildman–Crippen LogP) is 2.08. The van der Waals surface area contributed by atoms with E-state index >= 15 is 0 Å². The lowest BCUT2D eigenvalue weighted by atomic mass is 10.1. The predicted molar refractivity (Wildman–Crippen MR) is 65.9 cm³/mol. The molecule has 0 saturated heterocycles. The number of hydrogen-bond acceptors (Lipinski definition) is 3. The summed E-state index contributed by atoms with van der Waals surface area (Å²) in [4.78, 5) is 3.81. The molecule has 1 aromatic rings. The Balaban J connectivity index is 1.78. The maximum Gasteiger partial charge on any atom is 0.0325 e. The molecule has 0 spiro atoms. The molecular weight excluding hydrogens is 204 g/mol. The molecule has 2 rings (SSSR count). The zero-order valence-corrected chi connectivity index (χ0v) is 9.91. The number of thiophene rings is 1. The molecular formula is C12H18N2S. The summed E-state index contributed by atoms with van der Waals surface area (Å²) in [6, 6.07) is 4.58. The Kier molecular flexibility index (Phi) is 3.57. The van der Waals surface area contributed by atoms with E-state index in [1.165, 1.54) is 4.88 Å². The van der Waals surface area contributed by atoms with Crippen LogP contribution in [0.2, 0.25) is 0 Å². The molecule has 15 heavy (non-hydrogen) atoms. The van der Waals surface area contributed by atoms with Gasteiger partial charge < -0.3 is 10.6 Å². The molecule has 2 atom stereocenters. The fourth-order valence-electron chi connectivity index (χ4n) is 2.08. The fraction of sp³-hybridized carbons (Fsp3) is 0.500. The first kappa shape index (κ1) is 10.9. The Morgan fingerprint density at radius 2 is 2.40 bits per heavy atom. The molecule has 1 aromatic heterocycles. The van der Waals surface area contributed by atoms with Crippen LogP contribution in [0.1, 0.15) is 11.3 Å². The largest absolute Gasteiger partial charge is 0.324 e. The van der Waals surface area contributed by atoms with Crippen molar-refractivity contribution in [1.82, 2.24) is 4.90 Å². The molecule has 0 saturated carbocycles. The van der Waals surface area contributed by atoms with Gasteiger partial charge in [-0.05, 0) is 30.8 Å². The fourth-order valence-corrected chi connectivity index (χ4v) is 2.86. The van der Waals surface area contributed by atoms with Gasteiger partial charge in [0.15, 0.2) is 0 Å². The SMILES string of the molecule is CN(Cc1cccs1)CC1C=CC(N)C1. The summed E-state index contributed by atoms with van der Waals surface area (Å²) in [5.41, 5.74) is 5.83. The van der Waals surface area contributed by atoms with Gasteiger partial charge >= 0.3 is 0 Å². The van der Waals surface area contributed by atoms with E-state index < -0.39 is 0 Å². The van der Waals surface area contributed by atoms with Crippen molar-refractivity contribution in [3.05, 3.63) is 34.5 Å². The second kappa shape index (κ2) is 4.92. The molecule has 2 unspecified atom stereocenters. The monoisotopic (exact) mass is 222 g/mol. The zero-order chi connectivity index (χ0) is 10.7. The number of hydrogen-bond donors (Lipinski definition) is 1. The summed E-state index contributed by atoms with van der Waals surface area (Å²) >= 11 is 1.83. The lowest BCUT2D eigenvalue weighted by molar-refractivity contribution is 0.291. The highest BCUT2D eigenvalue weighted by molar-refractivity contribution is 7.09. The van der Waals surface area contributed by atoms with Crippen LogP contribution in [-0.2, 0) is 6.54 Å². The van der Waals surface area contributed by atoms with Crippen LogP contribution in [0.4, 0.5) is 0 Å². The topological polar surface area (TPSA) is 29.3 Å². The highest BCUT2D eigenvalue weighted by Crippen LogP contribution is 2.18. The molecule has 3 heteroatoms. The van der Waals surface area contributed by atoms with Crippen molar-refractivity contribution in [2.75, 3.05) is 13.6 Å². The van der Waals surface area contributed by atoms with Crippen molar-refractivity contribution in [2.45, 2.75) is 19.0 Å². The normalized spacial score (nSPS) is 25.3. The maximum atomic E-state index is 5.83. The quantitative estimate of drug-likeness (QED) is 0.790. The summed E-state index contributed by atoms with van der Waals surface area (Å²) in [7, 11) is 2.18. The minimum atomic E-state index is 0.283. The van der Waals surface area contributed by atoms with E-state index in [2.05, 4.69) is 41.6 Å². The van der Waals surface area contributed by atoms with Crippen LogP contribution < -0.4 is 5.73 Å². The zero-order valence-electron chi connectivity index (χ0n) is 9.10. The maximum absolute atomic E-state index is 5.83. The molecule has 2 nitrogen and oxygen atoms in total. The lowest BCUT2D eigenvalue weighted by Crippen LogP contribution is -2.25. The summed E-state index contributed by atoms with van der Waals surface area (Å²) in [5.74, 6) is 0.643. The average molecular weight is 222 g/mol. The van der Waals surface area contributed by atoms with Crippen LogP contribution in [0.3, 0.4) is 0 Å². The lowest BCUT2D eigenvalue weighted by Gasteiger charge is -2.19. The molecule has 0 radical (unpaired) electrons. The molecule has 0 aliphatic heterocycles. The average Bonchev–Trinajstić information content (AvgIpc) is 2.77. The van der Waals surface area contributed by atoms with Crippen molar-refractivity contribution >= 4 is 11.3 Å². The van der Waals surface area contributed by atoms with Gasteiger partial charge in [-0.1, -0.05) is 18.2 Å². The van der Waals surface area contributed by atoms with Crippen LogP contribution in [0, 0.1) is 5.92 Å². The van der Waals surface area contributed by atoms with Crippen LogP contribution in [0.5, 0.6) is 0 Å². The summed E-state index contributed by atoms with van der Waals surface area (Å²) < 4.78 is 0. The van der Waals surface area contributed by atoms with Gasteiger partial charge in [0.2, 0.25) is 0 Å². The Bertz CT molecular complexity index is 318. The smallest absolute Gasteiger partial charge is 0.0325 e. The van der Waals surface area contributed by atoms with Gasteiger partial charge in [0.25, 0.3) is 0 Å². The van der Waals surface area contributed by atoms with Gasteiger partial charge in [0.1, 0.15) is 0 Å². The Hall–Kier alpha value is -0.640. The van der Waals surface area contributed by atoms with Crippen LogP contribution >= 0.6 is 11.3 Å². The Labute approximate surface area is 95.4 Å². The second-order valence-electron chi connectivity index (χ2n) is 4.32. The van der Waals surface area contributed by atoms with E-state index in [9.17, 15) is 0 Å². The van der Waals surface area contributed by atoms with Gasteiger partial charge in [-0.15, -0.1) is 11.3 Å². The number of nitrogens with two attached hydrogens (primary N) is 1. The standard InChI is InChI=1S/C12H18N2S/c1-14(9-12-3-2-6-15-12)8-10-4-5-11(13)7-10/h2-6,10-11H,7-9,13H2,1H3. The second-order valence-corrected chi connectivity index (χ2v) is 5.35. The third kappa shape index (κ3) is 3.16. The van der Waals surface area contributed by atoms with Gasteiger partial charge in [-0.25, -0.2) is 0 Å². The molecule has 0 bridgehead atoms. The van der Waals surface area contributed by atoms with E-state index in [1.807, 2.05) is 11.3 Å². The molecule has 0 fully saturated rings. The summed E-state index contributed by atoms with van der Waals surface area (Å²) in [6.07, 6.45) is 5.49. The summed E-state index contributed by atoms with van der Waals surface area (Å²) in [5, 5.41) is 2.13. The van der Waals surface area contributed by atoms with Crippen LogP contribution in [0.25, 0.3) is 0 Å². The molecule has 0 amide bonds. The molecule has 0 aromatic carbocycles. The third-order valence-corrected chi connectivity index (χ3v) is 3.62. The first-order valence-electron chi connectivity index (χ1n) is 5.39. The molecule has 2 N–H and O–H groups in total. The summed E-state index contributed by atoms with van der Waals surface area (Å²) in [6.45, 7) is 2.17. The van der Waals surface area contributed by atoms with Crippen LogP contribution in [-0.4, -0.2) is 24.5 Å². The minimum absolute atomic E-state index is 0.283. The third-order valence-electron chi connectivity index (χ3n) is 2.76.